The second-order valence-corrected chi connectivity index (χ2v) is 5.69. The first-order chi connectivity index (χ1) is 9.36. The summed E-state index contributed by atoms with van der Waals surface area (Å²) in [5, 5.41) is 0. The third kappa shape index (κ3) is 4.46. The number of hydrogen-bond donors (Lipinski definition) is 1. The molecule has 4 heteroatoms. The molecule has 0 radical (unpaired) electrons. The molecule has 0 spiro atoms. The molecule has 20 heavy (non-hydrogen) atoms. The molecule has 0 aliphatic rings. The minimum Gasteiger partial charge on any atom is -0.371 e. The van der Waals surface area contributed by atoms with Crippen LogP contribution in [0, 0.1) is 12.7 Å². The zero-order valence-corrected chi connectivity index (χ0v) is 13.4. The van der Waals surface area contributed by atoms with Crippen molar-refractivity contribution in [3.05, 3.63) is 29.1 Å². The van der Waals surface area contributed by atoms with Gasteiger partial charge in [0.2, 0.25) is 0 Å². The summed E-state index contributed by atoms with van der Waals surface area (Å²) in [6.45, 7) is 8.74. The van der Waals surface area contributed by atoms with E-state index < -0.39 is 0 Å². The average molecular weight is 281 g/mol. The highest BCUT2D eigenvalue weighted by Crippen LogP contribution is 2.28. The van der Waals surface area contributed by atoms with E-state index >= 15 is 0 Å². The Kier molecular flexibility index (Phi) is 6.43. The van der Waals surface area contributed by atoms with E-state index in [1.54, 1.807) is 13.0 Å². The monoisotopic (exact) mass is 281 g/mol. The molecule has 0 saturated heterocycles. The van der Waals surface area contributed by atoms with Crippen molar-refractivity contribution in [2.45, 2.75) is 33.2 Å². The van der Waals surface area contributed by atoms with Gasteiger partial charge in [-0.3, -0.25) is 0 Å². The van der Waals surface area contributed by atoms with Crippen molar-refractivity contribution in [3.8, 4) is 0 Å². The lowest BCUT2D eigenvalue weighted by atomic mass is 10.0. The van der Waals surface area contributed by atoms with Gasteiger partial charge < -0.3 is 15.5 Å². The van der Waals surface area contributed by atoms with Crippen molar-refractivity contribution in [2.24, 2.45) is 5.73 Å². The van der Waals surface area contributed by atoms with Crippen molar-refractivity contribution < 1.29 is 4.39 Å². The molecule has 2 N–H and O–H groups in total. The third-order valence-corrected chi connectivity index (χ3v) is 3.55. The van der Waals surface area contributed by atoms with Crippen molar-refractivity contribution in [1.82, 2.24) is 4.90 Å². The fourth-order valence-corrected chi connectivity index (χ4v) is 2.35. The summed E-state index contributed by atoms with van der Waals surface area (Å²) in [7, 11) is 4.15. The van der Waals surface area contributed by atoms with Crippen LogP contribution in [-0.4, -0.2) is 38.6 Å². The van der Waals surface area contributed by atoms with E-state index in [1.807, 2.05) is 13.0 Å². The minimum atomic E-state index is -0.176. The van der Waals surface area contributed by atoms with Crippen LogP contribution in [0.25, 0.3) is 0 Å². The first-order valence-corrected chi connectivity index (χ1v) is 7.32. The van der Waals surface area contributed by atoms with Crippen molar-refractivity contribution in [3.63, 3.8) is 0 Å². The van der Waals surface area contributed by atoms with Crippen molar-refractivity contribution >= 4 is 5.69 Å². The maximum Gasteiger partial charge on any atom is 0.126 e. The maximum absolute atomic E-state index is 13.8. The summed E-state index contributed by atoms with van der Waals surface area (Å²) >= 11 is 0. The summed E-state index contributed by atoms with van der Waals surface area (Å²) in [5.41, 5.74) is 8.64. The van der Waals surface area contributed by atoms with Gasteiger partial charge in [0, 0.05) is 24.8 Å². The van der Waals surface area contributed by atoms with Gasteiger partial charge >= 0.3 is 0 Å². The lowest BCUT2D eigenvalue weighted by molar-refractivity contribution is 0.400. The topological polar surface area (TPSA) is 32.5 Å². The van der Waals surface area contributed by atoms with Crippen LogP contribution < -0.4 is 10.6 Å². The van der Waals surface area contributed by atoms with Crippen LogP contribution in [0.5, 0.6) is 0 Å². The van der Waals surface area contributed by atoms with Gasteiger partial charge in [0.05, 0.1) is 0 Å². The van der Waals surface area contributed by atoms with E-state index in [2.05, 4.69) is 30.8 Å². The molecule has 0 saturated carbocycles. The molecule has 1 aromatic rings. The van der Waals surface area contributed by atoms with Crippen LogP contribution in [0.2, 0.25) is 0 Å². The Balaban J connectivity index is 2.98. The molecule has 0 aliphatic heterocycles. The normalized spacial score (nSPS) is 12.8. The van der Waals surface area contributed by atoms with Crippen molar-refractivity contribution in [2.75, 3.05) is 38.6 Å². The summed E-state index contributed by atoms with van der Waals surface area (Å²) in [6.07, 6.45) is 1.08. The lowest BCUT2D eigenvalue weighted by Crippen LogP contribution is -2.29. The van der Waals surface area contributed by atoms with Crippen LogP contribution in [0.15, 0.2) is 12.1 Å². The number of rotatable bonds is 7. The van der Waals surface area contributed by atoms with E-state index in [-0.39, 0.29) is 11.9 Å². The van der Waals surface area contributed by atoms with Crippen LogP contribution in [-0.2, 0) is 0 Å². The molecule has 0 amide bonds. The molecule has 114 valence electrons. The Hall–Kier alpha value is -1.13. The molecule has 0 bridgehead atoms. The number of nitrogens with two attached hydrogens (primary N) is 1. The Morgan fingerprint density at radius 2 is 1.90 bits per heavy atom. The number of aryl methyl sites for hydroxylation is 1. The van der Waals surface area contributed by atoms with Crippen molar-refractivity contribution in [1.29, 1.82) is 0 Å². The van der Waals surface area contributed by atoms with Gasteiger partial charge in [0.1, 0.15) is 5.82 Å². The summed E-state index contributed by atoms with van der Waals surface area (Å²) < 4.78 is 13.8. The highest BCUT2D eigenvalue weighted by Gasteiger charge is 2.15. The van der Waals surface area contributed by atoms with Gasteiger partial charge in [-0.25, -0.2) is 4.39 Å². The second kappa shape index (κ2) is 7.60. The zero-order valence-electron chi connectivity index (χ0n) is 13.4. The van der Waals surface area contributed by atoms with Crippen LogP contribution in [0.4, 0.5) is 10.1 Å². The number of halogens is 1. The Morgan fingerprint density at radius 3 is 2.40 bits per heavy atom. The molecular weight excluding hydrogens is 253 g/mol. The highest BCUT2D eigenvalue weighted by atomic mass is 19.1. The maximum atomic E-state index is 13.8. The van der Waals surface area contributed by atoms with Crippen LogP contribution in [0.3, 0.4) is 0 Å². The summed E-state index contributed by atoms with van der Waals surface area (Å²) in [6, 6.07) is 3.35. The van der Waals surface area contributed by atoms with E-state index in [0.717, 1.165) is 37.3 Å². The minimum absolute atomic E-state index is 0.164. The van der Waals surface area contributed by atoms with Crippen LogP contribution >= 0.6 is 0 Å². The quantitative estimate of drug-likeness (QED) is 0.834. The summed E-state index contributed by atoms with van der Waals surface area (Å²) in [5.74, 6) is -0.176. The van der Waals surface area contributed by atoms with Gasteiger partial charge in [0.15, 0.2) is 0 Å². The molecule has 0 fully saturated rings. The fraction of sp³-hybridized carbons (Fsp3) is 0.625. The number of benzene rings is 1. The molecule has 1 unspecified atom stereocenters. The van der Waals surface area contributed by atoms with Gasteiger partial charge in [0.25, 0.3) is 0 Å². The predicted molar refractivity (Wildman–Crippen MR) is 84.8 cm³/mol. The van der Waals surface area contributed by atoms with E-state index in [1.165, 1.54) is 0 Å². The fourth-order valence-electron chi connectivity index (χ4n) is 2.35. The molecule has 1 aromatic carbocycles. The van der Waals surface area contributed by atoms with E-state index in [0.29, 0.717) is 5.56 Å². The van der Waals surface area contributed by atoms with Gasteiger partial charge in [-0.05, 0) is 71.1 Å². The molecule has 1 atom stereocenters. The highest BCUT2D eigenvalue weighted by molar-refractivity contribution is 5.57. The number of nitrogens with zero attached hydrogens (tertiary/aromatic N) is 2. The SMILES string of the molecule is CCN(CCCN(C)C)c1cc(C)c(F)cc1C(C)N. The Bertz CT molecular complexity index is 430. The molecule has 0 heterocycles. The van der Waals surface area contributed by atoms with E-state index in [9.17, 15) is 4.39 Å². The molecule has 0 aliphatic carbocycles. The van der Waals surface area contributed by atoms with E-state index in [4.69, 9.17) is 5.73 Å². The zero-order chi connectivity index (χ0) is 15.3. The van der Waals surface area contributed by atoms with Crippen LogP contribution in [0.1, 0.15) is 37.4 Å². The lowest BCUT2D eigenvalue weighted by Gasteiger charge is -2.28. The van der Waals surface area contributed by atoms with Gasteiger partial charge in [-0.2, -0.15) is 0 Å². The second-order valence-electron chi connectivity index (χ2n) is 5.69. The molecule has 0 aromatic heterocycles. The van der Waals surface area contributed by atoms with Gasteiger partial charge in [-0.15, -0.1) is 0 Å². The predicted octanol–water partition coefficient (Wildman–Crippen LogP) is 2.93. The first-order valence-electron chi connectivity index (χ1n) is 7.32. The Labute approximate surface area is 122 Å². The smallest absolute Gasteiger partial charge is 0.126 e. The Morgan fingerprint density at radius 1 is 1.25 bits per heavy atom. The molecular formula is C16H28FN3. The summed E-state index contributed by atoms with van der Waals surface area (Å²) in [4.78, 5) is 4.46. The number of anilines is 1. The first kappa shape index (κ1) is 16.9. The van der Waals surface area contributed by atoms with Gasteiger partial charge in [-0.1, -0.05) is 0 Å². The largest absolute Gasteiger partial charge is 0.371 e. The third-order valence-electron chi connectivity index (χ3n) is 3.55. The molecule has 3 nitrogen and oxygen atoms in total. The standard InChI is InChI=1S/C16H28FN3/c1-6-20(9-7-8-19(4)5)16-10-12(2)15(17)11-14(16)13(3)18/h10-11,13H,6-9,18H2,1-5H3. The average Bonchev–Trinajstić information content (AvgIpc) is 2.37. The molecule has 1 rings (SSSR count). The number of hydrogen-bond acceptors (Lipinski definition) is 3.